The zero-order valence-electron chi connectivity index (χ0n) is 15.6. The Morgan fingerprint density at radius 1 is 1.04 bits per heavy atom. The van der Waals surface area contributed by atoms with E-state index in [0.29, 0.717) is 11.5 Å². The molecule has 0 bridgehead atoms. The van der Waals surface area contributed by atoms with Crippen LogP contribution in [-0.4, -0.2) is 34.5 Å². The summed E-state index contributed by atoms with van der Waals surface area (Å²) in [6.07, 6.45) is 3.06. The third-order valence-corrected chi connectivity index (χ3v) is 3.65. The first-order valence-electron chi connectivity index (χ1n) is 8.59. The number of hydrogen-bond donors (Lipinski definition) is 2. The molecule has 0 aliphatic heterocycles. The molecule has 134 valence electrons. The average Bonchev–Trinajstić information content (AvgIpc) is 2.56. The Morgan fingerprint density at radius 2 is 1.60 bits per heavy atom. The molecule has 6 nitrogen and oxygen atoms in total. The first-order valence-corrected chi connectivity index (χ1v) is 8.59. The lowest BCUT2D eigenvalue weighted by atomic mass is 10.1. The fraction of sp³-hybridized carbons (Fsp3) is 0.421. The van der Waals surface area contributed by atoms with Gasteiger partial charge in [-0.15, -0.1) is 0 Å². The van der Waals surface area contributed by atoms with Gasteiger partial charge in [0.1, 0.15) is 0 Å². The number of carbonyl (C=O) groups is 1. The average molecular weight is 341 g/mol. The lowest BCUT2D eigenvalue weighted by Gasteiger charge is -2.21. The van der Waals surface area contributed by atoms with Gasteiger partial charge < -0.3 is 15.5 Å². The molecule has 0 radical (unpaired) electrons. The first-order chi connectivity index (χ1) is 11.8. The Balaban J connectivity index is 2.02. The van der Waals surface area contributed by atoms with E-state index < -0.39 is 0 Å². The molecule has 2 rings (SSSR count). The summed E-state index contributed by atoms with van der Waals surface area (Å²) < 4.78 is 0. The van der Waals surface area contributed by atoms with Gasteiger partial charge in [-0.2, -0.15) is 0 Å². The summed E-state index contributed by atoms with van der Waals surface area (Å²) in [5.74, 6) is 0.283. The summed E-state index contributed by atoms with van der Waals surface area (Å²) in [7, 11) is 0. The van der Waals surface area contributed by atoms with Crippen LogP contribution in [0.2, 0.25) is 0 Å². The van der Waals surface area contributed by atoms with Crippen molar-refractivity contribution in [3.05, 3.63) is 42.2 Å². The third-order valence-electron chi connectivity index (χ3n) is 3.65. The minimum atomic E-state index is -0.224. The molecule has 0 fully saturated rings. The zero-order valence-corrected chi connectivity index (χ0v) is 15.6. The van der Waals surface area contributed by atoms with Gasteiger partial charge in [0.2, 0.25) is 5.95 Å². The summed E-state index contributed by atoms with van der Waals surface area (Å²) in [6, 6.07) is 7.83. The van der Waals surface area contributed by atoms with Gasteiger partial charge in [0.15, 0.2) is 0 Å². The predicted molar refractivity (Wildman–Crippen MR) is 103 cm³/mol. The second-order valence-electron chi connectivity index (χ2n) is 6.84. The van der Waals surface area contributed by atoms with Crippen LogP contribution in [-0.2, 0) is 0 Å². The number of amides is 1. The van der Waals surface area contributed by atoms with Crippen LogP contribution in [0.25, 0.3) is 0 Å². The van der Waals surface area contributed by atoms with E-state index in [0.717, 1.165) is 24.5 Å². The van der Waals surface area contributed by atoms with Crippen LogP contribution < -0.4 is 15.5 Å². The highest BCUT2D eigenvalue weighted by Gasteiger charge is 2.12. The van der Waals surface area contributed by atoms with Gasteiger partial charge in [-0.25, -0.2) is 9.97 Å². The highest BCUT2D eigenvalue weighted by molar-refractivity contribution is 6.03. The van der Waals surface area contributed by atoms with Crippen LogP contribution in [0.3, 0.4) is 0 Å². The molecule has 1 amide bonds. The lowest BCUT2D eigenvalue weighted by molar-refractivity contribution is 0.102. The second-order valence-corrected chi connectivity index (χ2v) is 6.84. The van der Waals surface area contributed by atoms with Crippen molar-refractivity contribution in [1.82, 2.24) is 9.97 Å². The summed E-state index contributed by atoms with van der Waals surface area (Å²) in [5, 5.41) is 6.04. The van der Waals surface area contributed by atoms with Gasteiger partial charge in [0, 0.05) is 42.4 Å². The van der Waals surface area contributed by atoms with Crippen LogP contribution in [0, 0.1) is 0 Å². The van der Waals surface area contributed by atoms with Crippen molar-refractivity contribution in [2.24, 2.45) is 0 Å². The maximum Gasteiger partial charge on any atom is 0.258 e. The molecule has 1 aromatic heterocycles. The molecule has 0 atom stereocenters. The van der Waals surface area contributed by atoms with E-state index in [1.54, 1.807) is 0 Å². The smallest absolute Gasteiger partial charge is 0.258 e. The molecule has 0 saturated carbocycles. The molecule has 6 heteroatoms. The van der Waals surface area contributed by atoms with E-state index in [-0.39, 0.29) is 11.4 Å². The van der Waals surface area contributed by atoms with E-state index >= 15 is 0 Å². The minimum absolute atomic E-state index is 0.129. The number of carbonyl (C=O) groups excluding carboxylic acids is 1. The van der Waals surface area contributed by atoms with Crippen molar-refractivity contribution in [1.29, 1.82) is 0 Å². The van der Waals surface area contributed by atoms with E-state index in [9.17, 15) is 4.79 Å². The minimum Gasteiger partial charge on any atom is -0.372 e. The van der Waals surface area contributed by atoms with Crippen molar-refractivity contribution in [3.8, 4) is 0 Å². The van der Waals surface area contributed by atoms with Gasteiger partial charge in [0.25, 0.3) is 5.91 Å². The Morgan fingerprint density at radius 3 is 2.08 bits per heavy atom. The lowest BCUT2D eigenvalue weighted by Crippen LogP contribution is -2.27. The molecule has 2 aromatic rings. The monoisotopic (exact) mass is 341 g/mol. The molecular formula is C19H27N5O. The Hall–Kier alpha value is -2.63. The van der Waals surface area contributed by atoms with Crippen LogP contribution in [0.1, 0.15) is 45.0 Å². The molecule has 1 aromatic carbocycles. The number of hydrogen-bond acceptors (Lipinski definition) is 5. The molecule has 0 saturated heterocycles. The molecule has 0 unspecified atom stereocenters. The van der Waals surface area contributed by atoms with E-state index in [4.69, 9.17) is 0 Å². The van der Waals surface area contributed by atoms with Gasteiger partial charge in [-0.1, -0.05) is 0 Å². The summed E-state index contributed by atoms with van der Waals surface area (Å²) in [6.45, 7) is 12.2. The third kappa shape index (κ3) is 5.45. The second kappa shape index (κ2) is 7.96. The van der Waals surface area contributed by atoms with Crippen molar-refractivity contribution in [2.45, 2.75) is 40.2 Å². The zero-order chi connectivity index (χ0) is 18.4. The fourth-order valence-corrected chi connectivity index (χ4v) is 2.39. The predicted octanol–water partition coefficient (Wildman–Crippen LogP) is 3.79. The van der Waals surface area contributed by atoms with E-state index in [1.165, 1.54) is 12.4 Å². The van der Waals surface area contributed by atoms with Crippen LogP contribution in [0.5, 0.6) is 0 Å². The van der Waals surface area contributed by atoms with Gasteiger partial charge >= 0.3 is 0 Å². The van der Waals surface area contributed by atoms with Crippen LogP contribution in [0.15, 0.2) is 36.7 Å². The number of rotatable bonds is 6. The Labute approximate surface area is 149 Å². The summed E-state index contributed by atoms with van der Waals surface area (Å²) in [5.41, 5.74) is 2.19. The van der Waals surface area contributed by atoms with Crippen molar-refractivity contribution in [2.75, 3.05) is 28.6 Å². The Kier molecular flexibility index (Phi) is 5.96. The maximum atomic E-state index is 12.3. The number of nitrogens with one attached hydrogen (secondary N) is 2. The number of benzene rings is 1. The van der Waals surface area contributed by atoms with Crippen LogP contribution in [0.4, 0.5) is 17.3 Å². The van der Waals surface area contributed by atoms with Crippen LogP contribution >= 0.6 is 0 Å². The molecular weight excluding hydrogens is 314 g/mol. The largest absolute Gasteiger partial charge is 0.372 e. The van der Waals surface area contributed by atoms with Crippen molar-refractivity contribution in [3.63, 3.8) is 0 Å². The number of aromatic nitrogens is 2. The fourth-order valence-electron chi connectivity index (χ4n) is 2.39. The van der Waals surface area contributed by atoms with Gasteiger partial charge in [0.05, 0.1) is 5.56 Å². The van der Waals surface area contributed by atoms with Gasteiger partial charge in [-0.3, -0.25) is 4.79 Å². The molecule has 0 spiro atoms. The standard InChI is InChI=1S/C19H27N5O/c1-6-24(7-2)16-10-8-15(9-11-16)22-17(25)14-12-20-18(21-13-14)23-19(3,4)5/h8-13H,6-7H2,1-5H3,(H,22,25)(H,20,21,23). The summed E-state index contributed by atoms with van der Waals surface area (Å²) in [4.78, 5) is 23.0. The SMILES string of the molecule is CCN(CC)c1ccc(NC(=O)c2cnc(NC(C)(C)C)nc2)cc1. The highest BCUT2D eigenvalue weighted by Crippen LogP contribution is 2.18. The van der Waals surface area contributed by atoms with Crippen molar-refractivity contribution >= 4 is 23.2 Å². The molecule has 0 aliphatic rings. The quantitative estimate of drug-likeness (QED) is 0.836. The van der Waals surface area contributed by atoms with E-state index in [2.05, 4.69) is 39.3 Å². The molecule has 25 heavy (non-hydrogen) atoms. The maximum absolute atomic E-state index is 12.3. The Bertz CT molecular complexity index is 685. The summed E-state index contributed by atoms with van der Waals surface area (Å²) >= 11 is 0. The number of anilines is 3. The van der Waals surface area contributed by atoms with Crippen molar-refractivity contribution < 1.29 is 4.79 Å². The molecule has 1 heterocycles. The molecule has 2 N–H and O–H groups in total. The van der Waals surface area contributed by atoms with Gasteiger partial charge in [-0.05, 0) is 58.9 Å². The topological polar surface area (TPSA) is 70.2 Å². The van der Waals surface area contributed by atoms with E-state index in [1.807, 2.05) is 45.0 Å². The molecule has 0 aliphatic carbocycles. The first kappa shape index (κ1) is 18.7. The normalized spacial score (nSPS) is 11.1. The highest BCUT2D eigenvalue weighted by atomic mass is 16.1. The number of nitrogens with zero attached hydrogens (tertiary/aromatic N) is 3.